The molecule has 0 spiro atoms. The lowest BCUT2D eigenvalue weighted by Gasteiger charge is -2.18. The minimum absolute atomic E-state index is 0.286. The fraction of sp³-hybridized carbons (Fsp3) is 0.409. The average Bonchev–Trinajstić information content (AvgIpc) is 2.74. The second kappa shape index (κ2) is 11.7. The Morgan fingerprint density at radius 2 is 1.73 bits per heavy atom. The summed E-state index contributed by atoms with van der Waals surface area (Å²) in [5.41, 5.74) is 1.84. The minimum Gasteiger partial charge on any atom is -0.376 e. The third-order valence-electron chi connectivity index (χ3n) is 4.53. The number of sulfonamides is 1. The van der Waals surface area contributed by atoms with Gasteiger partial charge in [0.15, 0.2) is 5.96 Å². The molecule has 0 fully saturated rings. The Labute approximate surface area is 180 Å². The topological polar surface area (TPSA) is 83.0 Å². The molecule has 0 heterocycles. The zero-order valence-corrected chi connectivity index (χ0v) is 18.9. The molecule has 8 heteroatoms. The van der Waals surface area contributed by atoms with E-state index in [0.29, 0.717) is 42.7 Å². The van der Waals surface area contributed by atoms with Gasteiger partial charge in [0.25, 0.3) is 0 Å². The lowest BCUT2D eigenvalue weighted by atomic mass is 10.2. The standard InChI is InChI=1S/C22H32N4O3S/c1-18(16-29-17-19-10-6-5-7-11-19)14-24-22(23-2)25-15-20-12-8-9-13-21(20)30(27,28)26(3)4/h5-13,18H,14-17H2,1-4H3,(H2,23,24,25). The fourth-order valence-electron chi connectivity index (χ4n) is 2.78. The number of hydrogen-bond donors (Lipinski definition) is 2. The monoisotopic (exact) mass is 432 g/mol. The summed E-state index contributed by atoms with van der Waals surface area (Å²) in [6, 6.07) is 17.1. The van der Waals surface area contributed by atoms with E-state index in [9.17, 15) is 8.42 Å². The predicted molar refractivity (Wildman–Crippen MR) is 121 cm³/mol. The Hall–Kier alpha value is -2.42. The normalized spacial score (nSPS) is 13.3. The van der Waals surface area contributed by atoms with E-state index in [0.717, 1.165) is 5.56 Å². The first kappa shape index (κ1) is 23.9. The minimum atomic E-state index is -3.50. The summed E-state index contributed by atoms with van der Waals surface area (Å²) in [7, 11) is 1.24. The number of hydrogen-bond acceptors (Lipinski definition) is 4. The summed E-state index contributed by atoms with van der Waals surface area (Å²) in [6.07, 6.45) is 0. The molecule has 7 nitrogen and oxygen atoms in total. The molecule has 0 radical (unpaired) electrons. The van der Waals surface area contributed by atoms with Crippen LogP contribution in [0, 0.1) is 5.92 Å². The van der Waals surface area contributed by atoms with Gasteiger partial charge >= 0.3 is 0 Å². The van der Waals surface area contributed by atoms with Crippen LogP contribution in [-0.2, 0) is 27.9 Å². The average molecular weight is 433 g/mol. The molecule has 30 heavy (non-hydrogen) atoms. The van der Waals surface area contributed by atoms with Crippen LogP contribution in [0.15, 0.2) is 64.5 Å². The third-order valence-corrected chi connectivity index (χ3v) is 6.45. The largest absolute Gasteiger partial charge is 0.376 e. The molecule has 2 N–H and O–H groups in total. The Bertz CT molecular complexity index is 915. The van der Waals surface area contributed by atoms with E-state index in [4.69, 9.17) is 4.74 Å². The number of guanidine groups is 1. The van der Waals surface area contributed by atoms with E-state index < -0.39 is 10.0 Å². The SMILES string of the molecule is CN=C(NCc1ccccc1S(=O)(=O)N(C)C)NCC(C)COCc1ccccc1. The maximum Gasteiger partial charge on any atom is 0.242 e. The van der Waals surface area contributed by atoms with Crippen LogP contribution in [-0.4, -0.2) is 53.0 Å². The summed E-state index contributed by atoms with van der Waals surface area (Å²) < 4.78 is 32.0. The highest BCUT2D eigenvalue weighted by molar-refractivity contribution is 7.89. The molecule has 0 aliphatic heterocycles. The molecule has 0 aromatic heterocycles. The predicted octanol–water partition coefficient (Wildman–Crippen LogP) is 2.45. The van der Waals surface area contributed by atoms with Crippen LogP contribution in [0.5, 0.6) is 0 Å². The first-order valence-electron chi connectivity index (χ1n) is 9.91. The van der Waals surface area contributed by atoms with Crippen molar-refractivity contribution in [3.63, 3.8) is 0 Å². The van der Waals surface area contributed by atoms with Crippen LogP contribution in [0.4, 0.5) is 0 Å². The van der Waals surface area contributed by atoms with E-state index in [1.165, 1.54) is 18.4 Å². The zero-order valence-electron chi connectivity index (χ0n) is 18.1. The molecule has 0 aliphatic rings. The van der Waals surface area contributed by atoms with Crippen LogP contribution < -0.4 is 10.6 Å². The van der Waals surface area contributed by atoms with Crippen molar-refractivity contribution in [3.05, 3.63) is 65.7 Å². The molecule has 0 bridgehead atoms. The van der Waals surface area contributed by atoms with Gasteiger partial charge in [-0.25, -0.2) is 12.7 Å². The van der Waals surface area contributed by atoms with E-state index in [-0.39, 0.29) is 5.92 Å². The van der Waals surface area contributed by atoms with Gasteiger partial charge in [-0.3, -0.25) is 4.99 Å². The molecule has 164 valence electrons. The number of benzene rings is 2. The molecule has 1 atom stereocenters. The zero-order chi connectivity index (χ0) is 22.0. The van der Waals surface area contributed by atoms with E-state index in [1.807, 2.05) is 36.4 Å². The Morgan fingerprint density at radius 3 is 2.40 bits per heavy atom. The van der Waals surface area contributed by atoms with Crippen LogP contribution in [0.25, 0.3) is 0 Å². The van der Waals surface area contributed by atoms with Crippen molar-refractivity contribution in [1.82, 2.24) is 14.9 Å². The summed E-state index contributed by atoms with van der Waals surface area (Å²) in [5, 5.41) is 6.46. The molecule has 0 amide bonds. The van der Waals surface area contributed by atoms with Gasteiger partial charge in [-0.15, -0.1) is 0 Å². The highest BCUT2D eigenvalue weighted by Gasteiger charge is 2.20. The Morgan fingerprint density at radius 1 is 1.07 bits per heavy atom. The lowest BCUT2D eigenvalue weighted by molar-refractivity contribution is 0.0931. The smallest absolute Gasteiger partial charge is 0.242 e. The van der Waals surface area contributed by atoms with Crippen LogP contribution in [0.1, 0.15) is 18.1 Å². The second-order valence-electron chi connectivity index (χ2n) is 7.31. The molecule has 0 aliphatic carbocycles. The number of nitrogens with one attached hydrogen (secondary N) is 2. The molecule has 2 aromatic carbocycles. The number of rotatable bonds is 10. The maximum atomic E-state index is 12.5. The van der Waals surface area contributed by atoms with Crippen LogP contribution in [0.2, 0.25) is 0 Å². The van der Waals surface area contributed by atoms with Crippen molar-refractivity contribution in [1.29, 1.82) is 0 Å². The van der Waals surface area contributed by atoms with Gasteiger partial charge < -0.3 is 15.4 Å². The van der Waals surface area contributed by atoms with E-state index in [1.54, 1.807) is 25.2 Å². The van der Waals surface area contributed by atoms with Crippen molar-refractivity contribution in [2.75, 3.05) is 34.3 Å². The van der Waals surface area contributed by atoms with Gasteiger partial charge in [0.1, 0.15) is 0 Å². The number of nitrogens with zero attached hydrogens (tertiary/aromatic N) is 2. The lowest BCUT2D eigenvalue weighted by Crippen LogP contribution is -2.40. The number of aliphatic imine (C=N–C) groups is 1. The van der Waals surface area contributed by atoms with E-state index >= 15 is 0 Å². The summed E-state index contributed by atoms with van der Waals surface area (Å²) >= 11 is 0. The first-order chi connectivity index (χ1) is 14.3. The number of ether oxygens (including phenoxy) is 1. The van der Waals surface area contributed by atoms with Crippen LogP contribution >= 0.6 is 0 Å². The highest BCUT2D eigenvalue weighted by Crippen LogP contribution is 2.18. The van der Waals surface area contributed by atoms with Crippen molar-refractivity contribution in [2.45, 2.75) is 25.0 Å². The molecule has 2 aromatic rings. The summed E-state index contributed by atoms with van der Waals surface area (Å²) in [4.78, 5) is 4.52. The second-order valence-corrected chi connectivity index (χ2v) is 9.43. The molecule has 2 rings (SSSR count). The first-order valence-corrected chi connectivity index (χ1v) is 11.3. The van der Waals surface area contributed by atoms with Crippen molar-refractivity contribution >= 4 is 16.0 Å². The summed E-state index contributed by atoms with van der Waals surface area (Å²) in [5.74, 6) is 0.899. The maximum absolute atomic E-state index is 12.5. The van der Waals surface area contributed by atoms with Gasteiger partial charge in [-0.05, 0) is 23.1 Å². The van der Waals surface area contributed by atoms with Crippen molar-refractivity contribution < 1.29 is 13.2 Å². The van der Waals surface area contributed by atoms with Gasteiger partial charge in [-0.2, -0.15) is 0 Å². The third kappa shape index (κ3) is 7.12. The summed E-state index contributed by atoms with van der Waals surface area (Å²) in [6.45, 7) is 4.36. The molecule has 0 saturated carbocycles. The van der Waals surface area contributed by atoms with Crippen molar-refractivity contribution in [2.24, 2.45) is 10.9 Å². The van der Waals surface area contributed by atoms with E-state index in [2.05, 4.69) is 22.5 Å². The molecule has 1 unspecified atom stereocenters. The fourth-order valence-corrected chi connectivity index (χ4v) is 3.90. The molecular weight excluding hydrogens is 400 g/mol. The van der Waals surface area contributed by atoms with Crippen molar-refractivity contribution in [3.8, 4) is 0 Å². The Balaban J connectivity index is 1.83. The molecule has 0 saturated heterocycles. The highest BCUT2D eigenvalue weighted by atomic mass is 32.2. The van der Waals surface area contributed by atoms with Gasteiger partial charge in [0, 0.05) is 34.2 Å². The quantitative estimate of drug-likeness (QED) is 0.445. The van der Waals surface area contributed by atoms with Gasteiger partial charge in [0.2, 0.25) is 10.0 Å². The van der Waals surface area contributed by atoms with Gasteiger partial charge in [-0.1, -0.05) is 55.5 Å². The van der Waals surface area contributed by atoms with Crippen LogP contribution in [0.3, 0.4) is 0 Å². The molecular formula is C22H32N4O3S. The Kier molecular flexibility index (Phi) is 9.29. The van der Waals surface area contributed by atoms with Gasteiger partial charge in [0.05, 0.1) is 18.1 Å².